The van der Waals surface area contributed by atoms with Crippen LogP contribution >= 0.6 is 0 Å². The third kappa shape index (κ3) is 4.53. The molecule has 1 aromatic carbocycles. The van der Waals surface area contributed by atoms with E-state index in [2.05, 4.69) is 21.4 Å². The Bertz CT molecular complexity index is 1530. The molecule has 3 aliphatic rings. The van der Waals surface area contributed by atoms with E-state index in [-0.39, 0.29) is 41.7 Å². The van der Waals surface area contributed by atoms with Gasteiger partial charge in [-0.1, -0.05) is 5.21 Å². The molecular weight excluding hydrogens is 536 g/mol. The lowest BCUT2D eigenvalue weighted by atomic mass is 9.86. The Hall–Kier alpha value is -4.60. The Morgan fingerprint density at radius 3 is 2.51 bits per heavy atom. The highest BCUT2D eigenvalue weighted by molar-refractivity contribution is 5.90. The number of hydrogen-bond donors (Lipinski definition) is 0. The van der Waals surface area contributed by atoms with E-state index in [4.69, 9.17) is 9.47 Å². The van der Waals surface area contributed by atoms with E-state index in [0.717, 1.165) is 17.0 Å². The lowest BCUT2D eigenvalue weighted by molar-refractivity contribution is 0.0266. The monoisotopic (exact) mass is 563 g/mol. The van der Waals surface area contributed by atoms with Gasteiger partial charge in [-0.25, -0.2) is 23.1 Å². The fraction of sp³-hybridized carbons (Fsp3) is 0.429. The zero-order valence-electron chi connectivity index (χ0n) is 22.6. The van der Waals surface area contributed by atoms with Crippen LogP contribution in [0.15, 0.2) is 43.0 Å². The summed E-state index contributed by atoms with van der Waals surface area (Å²) < 4.78 is 43.6. The van der Waals surface area contributed by atoms with Crippen LogP contribution in [0.3, 0.4) is 0 Å². The van der Waals surface area contributed by atoms with E-state index < -0.39 is 40.9 Å². The van der Waals surface area contributed by atoms with Crippen LogP contribution < -0.4 is 4.90 Å². The molecule has 4 heterocycles. The number of halogens is 2. The van der Waals surface area contributed by atoms with Crippen LogP contribution in [0.5, 0.6) is 0 Å². The maximum Gasteiger partial charge on any atom is 0.414 e. The van der Waals surface area contributed by atoms with Crippen LogP contribution in [0.25, 0.3) is 11.1 Å². The number of aromatic nitrogens is 4. The molecule has 212 valence electrons. The van der Waals surface area contributed by atoms with E-state index in [1.54, 1.807) is 37.9 Å². The second kappa shape index (κ2) is 9.50. The van der Waals surface area contributed by atoms with E-state index in [1.165, 1.54) is 23.3 Å². The third-order valence-corrected chi connectivity index (χ3v) is 7.83. The first-order valence-electron chi connectivity index (χ1n) is 13.2. The van der Waals surface area contributed by atoms with Gasteiger partial charge in [0.15, 0.2) is 0 Å². The molecule has 0 radical (unpaired) electrons. The van der Waals surface area contributed by atoms with Gasteiger partial charge in [-0.2, -0.15) is 5.26 Å². The summed E-state index contributed by atoms with van der Waals surface area (Å²) in [5.74, 6) is -2.24. The van der Waals surface area contributed by atoms with E-state index in [0.29, 0.717) is 18.7 Å². The maximum absolute atomic E-state index is 15.7. The normalized spacial score (nSPS) is 25.1. The first-order valence-corrected chi connectivity index (χ1v) is 13.2. The SMILES string of the molecule is CC(C)(C)OC(=O)N1C[C@@H]2[C@H](C1)C2(C#N)c1ccncc1-c1c(F)cc(N2C[C@H](Cn3ccnn3)OC2=O)cc1F. The molecule has 13 heteroatoms. The molecule has 0 spiro atoms. The third-order valence-electron chi connectivity index (χ3n) is 7.83. The van der Waals surface area contributed by atoms with Crippen LogP contribution in [0.2, 0.25) is 0 Å². The summed E-state index contributed by atoms with van der Waals surface area (Å²) in [6, 6.07) is 6.13. The molecule has 4 atom stereocenters. The Balaban J connectivity index is 1.26. The van der Waals surface area contributed by atoms with Gasteiger partial charge in [0.05, 0.1) is 42.0 Å². The van der Waals surface area contributed by atoms with Gasteiger partial charge in [-0.15, -0.1) is 5.10 Å². The van der Waals surface area contributed by atoms with Gasteiger partial charge in [-0.3, -0.25) is 9.88 Å². The van der Waals surface area contributed by atoms with Crippen LogP contribution in [0, 0.1) is 34.8 Å². The van der Waals surface area contributed by atoms with Crippen LogP contribution in [0.1, 0.15) is 26.3 Å². The van der Waals surface area contributed by atoms with Crippen molar-refractivity contribution in [1.82, 2.24) is 24.9 Å². The summed E-state index contributed by atoms with van der Waals surface area (Å²) in [5, 5.41) is 17.9. The molecule has 3 aromatic rings. The molecule has 2 amide bonds. The Kier molecular flexibility index (Phi) is 6.17. The number of fused-ring (bicyclic) bond motifs is 1. The molecule has 1 unspecified atom stereocenters. The Labute approximate surface area is 234 Å². The number of likely N-dealkylation sites (tertiary alicyclic amines) is 1. The predicted octanol–water partition coefficient (Wildman–Crippen LogP) is 3.90. The quantitative estimate of drug-likeness (QED) is 0.458. The lowest BCUT2D eigenvalue weighted by Crippen LogP contribution is -2.39. The number of cyclic esters (lactones) is 1. The number of carbonyl (C=O) groups is 2. The molecule has 6 rings (SSSR count). The lowest BCUT2D eigenvalue weighted by Gasteiger charge is -2.27. The van der Waals surface area contributed by atoms with Gasteiger partial charge in [0.1, 0.15) is 23.3 Å². The molecule has 0 N–H and O–H groups in total. The van der Waals surface area contributed by atoms with Crippen molar-refractivity contribution < 1.29 is 27.8 Å². The van der Waals surface area contributed by atoms with Crippen LogP contribution in [-0.4, -0.2) is 68.4 Å². The number of carbonyl (C=O) groups excluding carboxylic acids is 2. The maximum atomic E-state index is 15.7. The summed E-state index contributed by atoms with van der Waals surface area (Å²) in [7, 11) is 0. The first kappa shape index (κ1) is 26.6. The number of piperidine rings is 1. The minimum absolute atomic E-state index is 0.00608. The largest absolute Gasteiger partial charge is 0.444 e. The molecular formula is C28H27F2N7O4. The Morgan fingerprint density at radius 2 is 1.90 bits per heavy atom. The number of nitriles is 1. The van der Waals surface area contributed by atoms with Gasteiger partial charge in [0.2, 0.25) is 0 Å². The van der Waals surface area contributed by atoms with Crippen molar-refractivity contribution in [2.75, 3.05) is 24.5 Å². The van der Waals surface area contributed by atoms with Gasteiger partial charge in [0, 0.05) is 49.1 Å². The smallest absolute Gasteiger partial charge is 0.414 e. The average Bonchev–Trinajstić information content (AvgIpc) is 3.41. The predicted molar refractivity (Wildman–Crippen MR) is 139 cm³/mol. The van der Waals surface area contributed by atoms with Crippen LogP contribution in [-0.2, 0) is 21.4 Å². The summed E-state index contributed by atoms with van der Waals surface area (Å²) >= 11 is 0. The van der Waals surface area contributed by atoms with Crippen molar-refractivity contribution in [3.8, 4) is 17.2 Å². The number of nitrogens with zero attached hydrogens (tertiary/aromatic N) is 7. The first-order chi connectivity index (χ1) is 19.5. The summed E-state index contributed by atoms with van der Waals surface area (Å²) in [6.07, 6.45) is 4.17. The zero-order chi connectivity index (χ0) is 29.1. The number of ether oxygens (including phenoxy) is 2. The Morgan fingerprint density at radius 1 is 1.20 bits per heavy atom. The molecule has 1 aliphatic carbocycles. The summed E-state index contributed by atoms with van der Waals surface area (Å²) in [6.45, 7) is 6.25. The minimum Gasteiger partial charge on any atom is -0.444 e. The fourth-order valence-corrected chi connectivity index (χ4v) is 6.02. The van der Waals surface area contributed by atoms with Crippen molar-refractivity contribution in [2.45, 2.75) is 44.4 Å². The van der Waals surface area contributed by atoms with E-state index in [1.807, 2.05) is 0 Å². The number of amides is 2. The minimum atomic E-state index is -1.03. The molecule has 3 fully saturated rings. The van der Waals surface area contributed by atoms with E-state index >= 15 is 8.78 Å². The molecule has 2 aliphatic heterocycles. The van der Waals surface area contributed by atoms with Crippen molar-refractivity contribution in [1.29, 1.82) is 5.26 Å². The number of pyridine rings is 1. The number of benzene rings is 1. The standard InChI is InChI=1S/C28H27F2N7O4/c1-27(2,3)41-25(38)35-13-20-21(14-35)28(20,15-31)19-4-5-32-10-18(19)24-22(29)8-16(9-23(24)30)37-12-17(40-26(37)39)11-36-7-6-33-34-36/h4-10,17,20-21H,11-14H2,1-3H3/t17-,20-,21+,28?/m0/s1. The van der Waals surface area contributed by atoms with Crippen molar-refractivity contribution in [2.24, 2.45) is 11.8 Å². The highest BCUT2D eigenvalue weighted by Crippen LogP contribution is 2.64. The molecule has 1 saturated carbocycles. The number of rotatable bonds is 5. The highest BCUT2D eigenvalue weighted by atomic mass is 19.1. The molecule has 11 nitrogen and oxygen atoms in total. The number of hydrogen-bond acceptors (Lipinski definition) is 8. The second-order valence-corrected chi connectivity index (χ2v) is 11.5. The van der Waals surface area contributed by atoms with Gasteiger partial charge in [0.25, 0.3) is 0 Å². The summed E-state index contributed by atoms with van der Waals surface area (Å²) in [4.78, 5) is 31.9. The molecule has 2 aromatic heterocycles. The van der Waals surface area contributed by atoms with Gasteiger partial charge < -0.3 is 14.4 Å². The second-order valence-electron chi connectivity index (χ2n) is 11.5. The fourth-order valence-electron chi connectivity index (χ4n) is 6.02. The van der Waals surface area contributed by atoms with Crippen molar-refractivity contribution in [3.63, 3.8) is 0 Å². The van der Waals surface area contributed by atoms with Crippen molar-refractivity contribution >= 4 is 17.9 Å². The van der Waals surface area contributed by atoms with Gasteiger partial charge >= 0.3 is 12.2 Å². The molecule has 41 heavy (non-hydrogen) atoms. The number of anilines is 1. The van der Waals surface area contributed by atoms with Crippen molar-refractivity contribution in [3.05, 3.63) is 60.2 Å². The van der Waals surface area contributed by atoms with E-state index in [9.17, 15) is 14.9 Å². The summed E-state index contributed by atoms with van der Waals surface area (Å²) in [5.41, 5.74) is -1.41. The topological polar surface area (TPSA) is 126 Å². The average molecular weight is 564 g/mol. The van der Waals surface area contributed by atoms with Gasteiger partial charge in [-0.05, 0) is 44.5 Å². The molecule has 0 bridgehead atoms. The van der Waals surface area contributed by atoms with Crippen LogP contribution in [0.4, 0.5) is 24.1 Å². The highest BCUT2D eigenvalue weighted by Gasteiger charge is 2.71. The molecule has 2 saturated heterocycles. The zero-order valence-corrected chi connectivity index (χ0v) is 22.6.